The van der Waals surface area contributed by atoms with Crippen LogP contribution in [0.2, 0.25) is 0 Å². The fourth-order valence-corrected chi connectivity index (χ4v) is 1.09. The Bertz CT molecular complexity index is 143. The van der Waals surface area contributed by atoms with Crippen LogP contribution in [0.1, 0.15) is 19.8 Å². The third-order valence-corrected chi connectivity index (χ3v) is 1.73. The first-order valence-electron chi connectivity index (χ1n) is 3.31. The second-order valence-electron chi connectivity index (χ2n) is 2.30. The Kier molecular flexibility index (Phi) is 2.35. The van der Waals surface area contributed by atoms with Gasteiger partial charge >= 0.3 is 0 Å². The van der Waals surface area contributed by atoms with Gasteiger partial charge in [0, 0.05) is 0 Å². The average molecular weight is 143 g/mol. The first-order chi connectivity index (χ1) is 4.30. The van der Waals surface area contributed by atoms with Crippen molar-refractivity contribution in [2.45, 2.75) is 25.1 Å². The Hall–Kier alpha value is -0.230. The van der Waals surface area contributed by atoms with Gasteiger partial charge in [-0.15, -0.1) is 11.6 Å². The molecule has 0 N–H and O–H groups in total. The summed E-state index contributed by atoms with van der Waals surface area (Å²) >= 11 is 5.84. The van der Waals surface area contributed by atoms with Gasteiger partial charge in [0.1, 0.15) is 0 Å². The van der Waals surface area contributed by atoms with E-state index in [1.807, 2.05) is 6.92 Å². The van der Waals surface area contributed by atoms with Crippen LogP contribution in [-0.2, 0) is 0 Å². The van der Waals surface area contributed by atoms with Crippen LogP contribution in [0.15, 0.2) is 23.8 Å². The van der Waals surface area contributed by atoms with Crippen molar-refractivity contribution in [3.05, 3.63) is 23.8 Å². The van der Waals surface area contributed by atoms with Crippen molar-refractivity contribution in [3.63, 3.8) is 0 Å². The summed E-state index contributed by atoms with van der Waals surface area (Å²) in [6, 6.07) is 0. The first kappa shape index (κ1) is 6.88. The second kappa shape index (κ2) is 3.07. The number of hydrogen-bond donors (Lipinski definition) is 0. The zero-order chi connectivity index (χ0) is 6.69. The Morgan fingerprint density at radius 1 is 1.56 bits per heavy atom. The molecule has 9 heavy (non-hydrogen) atoms. The summed E-state index contributed by atoms with van der Waals surface area (Å²) in [5.74, 6) is 0. The molecule has 0 spiro atoms. The summed E-state index contributed by atoms with van der Waals surface area (Å²) in [5, 5.41) is 0.182. The van der Waals surface area contributed by atoms with Crippen molar-refractivity contribution in [2.75, 3.05) is 0 Å². The van der Waals surface area contributed by atoms with Crippen LogP contribution in [0.25, 0.3) is 0 Å². The van der Waals surface area contributed by atoms with E-state index >= 15 is 0 Å². The molecule has 1 rings (SSSR count). The van der Waals surface area contributed by atoms with Crippen LogP contribution in [-0.4, -0.2) is 5.38 Å². The van der Waals surface area contributed by atoms with Crippen LogP contribution in [0, 0.1) is 0 Å². The fourth-order valence-electron chi connectivity index (χ4n) is 0.929. The number of allylic oxidation sites excluding steroid dienone is 4. The van der Waals surface area contributed by atoms with Gasteiger partial charge in [-0.05, 0) is 25.3 Å². The molecule has 1 aliphatic rings. The van der Waals surface area contributed by atoms with Gasteiger partial charge in [-0.25, -0.2) is 0 Å². The summed E-state index contributed by atoms with van der Waals surface area (Å²) < 4.78 is 0. The quantitative estimate of drug-likeness (QED) is 0.494. The molecule has 0 aromatic rings. The molecule has 1 heteroatoms. The summed E-state index contributed by atoms with van der Waals surface area (Å²) in [7, 11) is 0. The third-order valence-electron chi connectivity index (χ3n) is 1.48. The average Bonchev–Trinajstić information content (AvgIpc) is 1.90. The Morgan fingerprint density at radius 3 is 2.67 bits per heavy atom. The molecule has 0 aromatic heterocycles. The number of rotatable bonds is 1. The molecular formula is C8H11Cl. The van der Waals surface area contributed by atoms with E-state index in [1.165, 1.54) is 12.0 Å². The van der Waals surface area contributed by atoms with E-state index in [2.05, 4.69) is 18.2 Å². The highest BCUT2D eigenvalue weighted by Gasteiger charge is 2.02. The van der Waals surface area contributed by atoms with E-state index in [1.54, 1.807) is 0 Å². The number of alkyl halides is 1. The zero-order valence-corrected chi connectivity index (χ0v) is 6.36. The predicted molar refractivity (Wildman–Crippen MR) is 41.8 cm³/mol. The highest BCUT2D eigenvalue weighted by molar-refractivity contribution is 6.22. The van der Waals surface area contributed by atoms with Crippen molar-refractivity contribution >= 4 is 11.6 Å². The molecule has 1 aliphatic carbocycles. The van der Waals surface area contributed by atoms with Gasteiger partial charge in [0.2, 0.25) is 0 Å². The van der Waals surface area contributed by atoms with Crippen molar-refractivity contribution in [1.29, 1.82) is 0 Å². The van der Waals surface area contributed by atoms with Crippen molar-refractivity contribution in [1.82, 2.24) is 0 Å². The summed E-state index contributed by atoms with van der Waals surface area (Å²) in [4.78, 5) is 0. The fraction of sp³-hybridized carbons (Fsp3) is 0.500. The van der Waals surface area contributed by atoms with Crippen molar-refractivity contribution in [3.8, 4) is 0 Å². The van der Waals surface area contributed by atoms with Crippen LogP contribution >= 0.6 is 11.6 Å². The SMILES string of the molecule is CC(Cl)C1=CCCC=C1. The molecule has 0 fully saturated rings. The van der Waals surface area contributed by atoms with Gasteiger partial charge < -0.3 is 0 Å². The summed E-state index contributed by atoms with van der Waals surface area (Å²) in [6.07, 6.45) is 8.82. The standard InChI is InChI=1S/C8H11Cl/c1-7(9)8-5-3-2-4-6-8/h3,5-7H,2,4H2,1H3. The molecule has 0 saturated carbocycles. The third kappa shape index (κ3) is 1.87. The first-order valence-corrected chi connectivity index (χ1v) is 3.75. The van der Waals surface area contributed by atoms with E-state index < -0.39 is 0 Å². The minimum atomic E-state index is 0.182. The zero-order valence-electron chi connectivity index (χ0n) is 5.60. The predicted octanol–water partition coefficient (Wildman–Crippen LogP) is 2.89. The lowest BCUT2D eigenvalue weighted by atomic mass is 10.1. The smallest absolute Gasteiger partial charge is 0.0553 e. The lowest BCUT2D eigenvalue weighted by Crippen LogP contribution is -1.95. The summed E-state index contributed by atoms with van der Waals surface area (Å²) in [6.45, 7) is 2.00. The second-order valence-corrected chi connectivity index (χ2v) is 2.95. The molecule has 0 bridgehead atoms. The normalized spacial score (nSPS) is 21.3. The molecular weight excluding hydrogens is 132 g/mol. The van der Waals surface area contributed by atoms with Gasteiger partial charge in [-0.3, -0.25) is 0 Å². The lowest BCUT2D eigenvalue weighted by molar-refractivity contribution is 0.987. The lowest BCUT2D eigenvalue weighted by Gasteiger charge is -2.07. The topological polar surface area (TPSA) is 0 Å². The van der Waals surface area contributed by atoms with E-state index in [4.69, 9.17) is 11.6 Å². The van der Waals surface area contributed by atoms with Gasteiger partial charge in [-0.2, -0.15) is 0 Å². The maximum Gasteiger partial charge on any atom is 0.0553 e. The van der Waals surface area contributed by atoms with Gasteiger partial charge in [0.05, 0.1) is 5.38 Å². The van der Waals surface area contributed by atoms with Gasteiger partial charge in [0.15, 0.2) is 0 Å². The van der Waals surface area contributed by atoms with Crippen LogP contribution < -0.4 is 0 Å². The minimum absolute atomic E-state index is 0.182. The van der Waals surface area contributed by atoms with Crippen LogP contribution in [0.3, 0.4) is 0 Å². The molecule has 1 unspecified atom stereocenters. The molecule has 1 atom stereocenters. The molecule has 0 saturated heterocycles. The van der Waals surface area contributed by atoms with E-state index in [-0.39, 0.29) is 5.38 Å². The van der Waals surface area contributed by atoms with Crippen molar-refractivity contribution < 1.29 is 0 Å². The molecule has 50 valence electrons. The molecule has 0 nitrogen and oxygen atoms in total. The molecule has 0 aromatic carbocycles. The molecule has 0 aliphatic heterocycles. The molecule has 0 amide bonds. The van der Waals surface area contributed by atoms with E-state index in [0.29, 0.717) is 0 Å². The maximum absolute atomic E-state index is 5.84. The summed E-state index contributed by atoms with van der Waals surface area (Å²) in [5.41, 5.74) is 1.27. The van der Waals surface area contributed by atoms with Crippen LogP contribution in [0.4, 0.5) is 0 Å². The molecule has 0 heterocycles. The largest absolute Gasteiger partial charge is 0.118 e. The van der Waals surface area contributed by atoms with E-state index in [9.17, 15) is 0 Å². The highest BCUT2D eigenvalue weighted by atomic mass is 35.5. The van der Waals surface area contributed by atoms with Gasteiger partial charge in [0.25, 0.3) is 0 Å². The molecule has 0 radical (unpaired) electrons. The Balaban J connectivity index is 2.58. The van der Waals surface area contributed by atoms with E-state index in [0.717, 1.165) is 6.42 Å². The van der Waals surface area contributed by atoms with Gasteiger partial charge in [-0.1, -0.05) is 18.2 Å². The maximum atomic E-state index is 5.84. The highest BCUT2D eigenvalue weighted by Crippen LogP contribution is 2.16. The Morgan fingerprint density at radius 2 is 2.33 bits per heavy atom. The Labute approximate surface area is 61.2 Å². The van der Waals surface area contributed by atoms with Crippen LogP contribution in [0.5, 0.6) is 0 Å². The number of hydrogen-bond acceptors (Lipinski definition) is 0. The number of halogens is 1. The minimum Gasteiger partial charge on any atom is -0.118 e. The monoisotopic (exact) mass is 142 g/mol. The van der Waals surface area contributed by atoms with Crippen molar-refractivity contribution in [2.24, 2.45) is 0 Å².